The highest BCUT2D eigenvalue weighted by Gasteiger charge is 2.29. The van der Waals surface area contributed by atoms with Crippen LogP contribution < -0.4 is 4.74 Å². The largest absolute Gasteiger partial charge is 0.464 e. The first-order valence-corrected chi connectivity index (χ1v) is 4.04. The monoisotopic (exact) mass is 210 g/mol. The van der Waals surface area contributed by atoms with Crippen molar-refractivity contribution in [3.05, 3.63) is 5.69 Å². The van der Waals surface area contributed by atoms with E-state index in [-0.39, 0.29) is 5.88 Å². The minimum Gasteiger partial charge on any atom is -0.464 e. The first kappa shape index (κ1) is 10.8. The molecule has 0 atom stereocenters. The van der Waals surface area contributed by atoms with E-state index in [4.69, 9.17) is 0 Å². The molecule has 0 aliphatic carbocycles. The summed E-state index contributed by atoms with van der Waals surface area (Å²) < 4.78 is 44.0. The molecule has 0 aliphatic heterocycles. The van der Waals surface area contributed by atoms with E-state index in [0.717, 1.165) is 6.42 Å². The molecule has 0 bridgehead atoms. The molecule has 0 saturated heterocycles. The van der Waals surface area contributed by atoms with Crippen molar-refractivity contribution in [1.82, 2.24) is 10.3 Å². The summed E-state index contributed by atoms with van der Waals surface area (Å²) in [6, 6.07) is 0. The molecule has 0 radical (unpaired) electrons. The van der Waals surface area contributed by atoms with Gasteiger partial charge in [-0.15, -0.1) is 0 Å². The summed E-state index contributed by atoms with van der Waals surface area (Å²) in [6.07, 6.45) is -3.16. The molecule has 0 fully saturated rings. The first-order chi connectivity index (χ1) is 6.53. The summed E-state index contributed by atoms with van der Waals surface area (Å²) in [5.41, 5.74) is 0.316. The third kappa shape index (κ3) is 3.23. The van der Waals surface area contributed by atoms with Crippen LogP contribution >= 0.6 is 0 Å². The molecule has 0 spiro atoms. The predicted octanol–water partition coefficient (Wildman–Crippen LogP) is 1.96. The number of hydrogen-bond donors (Lipinski definition) is 0. The number of aryl methyl sites for hydroxylation is 1. The molecule has 7 heteroatoms. The highest BCUT2D eigenvalue weighted by molar-refractivity contribution is 5.14. The summed E-state index contributed by atoms with van der Waals surface area (Å²) >= 11 is 0. The topological polar surface area (TPSA) is 48.2 Å². The first-order valence-electron chi connectivity index (χ1n) is 4.04. The predicted molar refractivity (Wildman–Crippen MR) is 39.8 cm³/mol. The molecule has 0 aromatic carbocycles. The summed E-state index contributed by atoms with van der Waals surface area (Å²) in [7, 11) is 0. The van der Waals surface area contributed by atoms with Crippen LogP contribution in [0, 0.1) is 0 Å². The molecule has 14 heavy (non-hydrogen) atoms. The van der Waals surface area contributed by atoms with Gasteiger partial charge >= 0.3 is 6.18 Å². The number of rotatable bonds is 4. The van der Waals surface area contributed by atoms with Crippen LogP contribution in [0.25, 0.3) is 0 Å². The quantitative estimate of drug-likeness (QED) is 0.762. The fraction of sp³-hybridized carbons (Fsp3) is 0.714. The molecule has 1 heterocycles. The van der Waals surface area contributed by atoms with Crippen LogP contribution in [0.1, 0.15) is 19.0 Å². The van der Waals surface area contributed by atoms with Crippen molar-refractivity contribution in [3.8, 4) is 5.88 Å². The zero-order chi connectivity index (χ0) is 10.6. The number of halogens is 3. The lowest BCUT2D eigenvalue weighted by atomic mass is 10.3. The minimum atomic E-state index is -4.37. The van der Waals surface area contributed by atoms with Crippen molar-refractivity contribution in [2.45, 2.75) is 25.9 Å². The molecular weight excluding hydrogens is 201 g/mol. The van der Waals surface area contributed by atoms with Crippen molar-refractivity contribution >= 4 is 0 Å². The van der Waals surface area contributed by atoms with Crippen molar-refractivity contribution in [2.24, 2.45) is 0 Å². The average Bonchev–Trinajstić information content (AvgIpc) is 2.48. The van der Waals surface area contributed by atoms with Crippen LogP contribution in [-0.4, -0.2) is 23.1 Å². The molecule has 0 saturated carbocycles. The third-order valence-corrected chi connectivity index (χ3v) is 1.38. The summed E-state index contributed by atoms with van der Waals surface area (Å²) in [6.45, 7) is 0.486. The minimum absolute atomic E-state index is 0.177. The van der Waals surface area contributed by atoms with E-state index < -0.39 is 12.8 Å². The summed E-state index contributed by atoms with van der Waals surface area (Å²) in [5, 5.41) is 6.66. The lowest BCUT2D eigenvalue weighted by Gasteiger charge is -2.06. The van der Waals surface area contributed by atoms with E-state index in [0.29, 0.717) is 12.1 Å². The Labute approximate surface area is 78.0 Å². The van der Waals surface area contributed by atoms with Crippen molar-refractivity contribution in [1.29, 1.82) is 0 Å². The van der Waals surface area contributed by atoms with Crippen LogP contribution in [0.2, 0.25) is 0 Å². The number of alkyl halides is 3. The van der Waals surface area contributed by atoms with Crippen molar-refractivity contribution in [2.75, 3.05) is 6.61 Å². The maximum atomic E-state index is 11.8. The molecule has 1 aromatic rings. The Hall–Kier alpha value is -1.27. The van der Waals surface area contributed by atoms with E-state index in [1.165, 1.54) is 0 Å². The zero-order valence-corrected chi connectivity index (χ0v) is 7.47. The van der Waals surface area contributed by atoms with Crippen molar-refractivity contribution in [3.63, 3.8) is 0 Å². The van der Waals surface area contributed by atoms with Gasteiger partial charge in [0.15, 0.2) is 6.61 Å². The molecule has 0 unspecified atom stereocenters. The van der Waals surface area contributed by atoms with Crippen LogP contribution in [-0.2, 0) is 6.42 Å². The second-order valence-electron chi connectivity index (χ2n) is 2.67. The lowest BCUT2D eigenvalue weighted by molar-refractivity contribution is -0.154. The average molecular weight is 210 g/mol. The van der Waals surface area contributed by atoms with Crippen molar-refractivity contribution < 1.29 is 22.5 Å². The standard InChI is InChI=1S/C7H9F3N2O2/c1-2-3-5-6(12-14-11-5)13-4-7(8,9)10/h2-4H2,1H3. The van der Waals surface area contributed by atoms with Crippen LogP contribution in [0.5, 0.6) is 5.88 Å². The Bertz CT molecular complexity index is 285. The van der Waals surface area contributed by atoms with Gasteiger partial charge in [0.2, 0.25) is 0 Å². The number of aromatic nitrogens is 2. The molecule has 0 aliphatic rings. The normalized spacial score (nSPS) is 11.7. The highest BCUT2D eigenvalue weighted by Crippen LogP contribution is 2.19. The maximum absolute atomic E-state index is 11.8. The number of hydrogen-bond acceptors (Lipinski definition) is 4. The highest BCUT2D eigenvalue weighted by atomic mass is 19.4. The van der Waals surface area contributed by atoms with Gasteiger partial charge in [-0.05, 0) is 11.6 Å². The Morgan fingerprint density at radius 3 is 2.64 bits per heavy atom. The molecule has 1 rings (SSSR count). The van der Waals surface area contributed by atoms with E-state index in [2.05, 4.69) is 19.7 Å². The fourth-order valence-corrected chi connectivity index (χ4v) is 0.848. The SMILES string of the molecule is CCCc1nonc1OCC(F)(F)F. The molecule has 4 nitrogen and oxygen atoms in total. The van der Waals surface area contributed by atoms with Crippen LogP contribution in [0.3, 0.4) is 0 Å². The van der Waals surface area contributed by atoms with E-state index in [9.17, 15) is 13.2 Å². The molecular formula is C7H9F3N2O2. The smallest absolute Gasteiger partial charge is 0.422 e. The molecule has 0 amide bonds. The van der Waals surface area contributed by atoms with Gasteiger partial charge in [-0.1, -0.05) is 18.5 Å². The van der Waals surface area contributed by atoms with E-state index in [1.807, 2.05) is 6.92 Å². The third-order valence-electron chi connectivity index (χ3n) is 1.38. The molecule has 0 N–H and O–H groups in total. The fourth-order valence-electron chi connectivity index (χ4n) is 0.848. The van der Waals surface area contributed by atoms with Gasteiger partial charge in [-0.25, -0.2) is 4.63 Å². The Morgan fingerprint density at radius 2 is 2.07 bits per heavy atom. The van der Waals surface area contributed by atoms with E-state index in [1.54, 1.807) is 0 Å². The zero-order valence-electron chi connectivity index (χ0n) is 7.47. The van der Waals surface area contributed by atoms with Crippen LogP contribution in [0.15, 0.2) is 4.63 Å². The number of ether oxygens (including phenoxy) is 1. The van der Waals surface area contributed by atoms with Gasteiger partial charge < -0.3 is 4.74 Å². The van der Waals surface area contributed by atoms with Gasteiger partial charge in [0.25, 0.3) is 5.88 Å². The second kappa shape index (κ2) is 4.30. The van der Waals surface area contributed by atoms with Gasteiger partial charge in [0.05, 0.1) is 0 Å². The van der Waals surface area contributed by atoms with Gasteiger partial charge in [0.1, 0.15) is 5.69 Å². The molecule has 1 aromatic heterocycles. The second-order valence-corrected chi connectivity index (χ2v) is 2.67. The maximum Gasteiger partial charge on any atom is 0.422 e. The molecule has 80 valence electrons. The van der Waals surface area contributed by atoms with Gasteiger partial charge in [-0.2, -0.15) is 13.2 Å². The van der Waals surface area contributed by atoms with Gasteiger partial charge in [0, 0.05) is 0 Å². The summed E-state index contributed by atoms with van der Waals surface area (Å²) in [4.78, 5) is 0. The summed E-state index contributed by atoms with van der Waals surface area (Å²) in [5.74, 6) is -0.177. The Morgan fingerprint density at radius 1 is 1.36 bits per heavy atom. The Kier molecular flexibility index (Phi) is 3.32. The Balaban J connectivity index is 2.53. The lowest BCUT2D eigenvalue weighted by Crippen LogP contribution is -2.19. The number of nitrogens with zero attached hydrogens (tertiary/aromatic N) is 2. The van der Waals surface area contributed by atoms with Gasteiger partial charge in [-0.3, -0.25) is 0 Å². The van der Waals surface area contributed by atoms with E-state index >= 15 is 0 Å². The van der Waals surface area contributed by atoms with Crippen LogP contribution in [0.4, 0.5) is 13.2 Å².